The van der Waals surface area contributed by atoms with Gasteiger partial charge in [0.25, 0.3) is 0 Å². The van der Waals surface area contributed by atoms with Crippen molar-refractivity contribution in [1.29, 1.82) is 0 Å². The van der Waals surface area contributed by atoms with E-state index in [-0.39, 0.29) is 5.78 Å². The molecule has 2 aromatic rings. The molecule has 3 rings (SSSR count). The number of ketones is 1. The zero-order chi connectivity index (χ0) is 11.1. The Morgan fingerprint density at radius 1 is 1.12 bits per heavy atom. The van der Waals surface area contributed by atoms with Crippen molar-refractivity contribution in [3.63, 3.8) is 0 Å². The number of halogens is 1. The second kappa shape index (κ2) is 3.70. The lowest BCUT2D eigenvalue weighted by Gasteiger charge is -2.06. The fraction of sp³-hybridized carbons (Fsp3) is 0.214. The normalized spacial score (nSPS) is 13.3. The van der Waals surface area contributed by atoms with Crippen molar-refractivity contribution >= 4 is 32.5 Å². The summed E-state index contributed by atoms with van der Waals surface area (Å²) in [6.45, 7) is 0. The van der Waals surface area contributed by atoms with Crippen molar-refractivity contribution in [2.75, 3.05) is 5.33 Å². The second-order valence-electron chi connectivity index (χ2n) is 4.17. The standard InChI is InChI=1S/C14H11BrO/c15-8-13(16)11-7-6-10-5-4-9-2-1-3-12(11)14(9)10/h1-3,6-7H,4-5,8H2. The van der Waals surface area contributed by atoms with Crippen molar-refractivity contribution in [3.05, 3.63) is 47.0 Å². The quantitative estimate of drug-likeness (QED) is 0.605. The van der Waals surface area contributed by atoms with Gasteiger partial charge < -0.3 is 0 Å². The van der Waals surface area contributed by atoms with Gasteiger partial charge in [0.1, 0.15) is 0 Å². The Kier molecular flexibility index (Phi) is 2.32. The van der Waals surface area contributed by atoms with Gasteiger partial charge in [0.15, 0.2) is 5.78 Å². The van der Waals surface area contributed by atoms with E-state index in [4.69, 9.17) is 0 Å². The van der Waals surface area contributed by atoms with Crippen LogP contribution in [0.5, 0.6) is 0 Å². The summed E-state index contributed by atoms with van der Waals surface area (Å²) in [6, 6.07) is 10.4. The van der Waals surface area contributed by atoms with Gasteiger partial charge in [-0.1, -0.05) is 46.3 Å². The van der Waals surface area contributed by atoms with E-state index in [2.05, 4.69) is 40.2 Å². The first-order chi connectivity index (χ1) is 7.81. The monoisotopic (exact) mass is 274 g/mol. The predicted molar refractivity (Wildman–Crippen MR) is 69.5 cm³/mol. The third kappa shape index (κ3) is 1.33. The van der Waals surface area contributed by atoms with E-state index in [9.17, 15) is 4.79 Å². The molecule has 80 valence electrons. The molecule has 0 unspecified atom stereocenters. The first-order valence-electron chi connectivity index (χ1n) is 5.44. The first-order valence-corrected chi connectivity index (χ1v) is 6.56. The zero-order valence-electron chi connectivity index (χ0n) is 8.79. The Balaban J connectivity index is 2.38. The van der Waals surface area contributed by atoms with Crippen molar-refractivity contribution in [1.82, 2.24) is 0 Å². The van der Waals surface area contributed by atoms with Crippen molar-refractivity contribution in [2.24, 2.45) is 0 Å². The number of benzene rings is 2. The van der Waals surface area contributed by atoms with Gasteiger partial charge in [-0.2, -0.15) is 0 Å². The van der Waals surface area contributed by atoms with Gasteiger partial charge in [0.2, 0.25) is 0 Å². The molecule has 0 aliphatic heterocycles. The van der Waals surface area contributed by atoms with Gasteiger partial charge in [-0.25, -0.2) is 0 Å². The maximum absolute atomic E-state index is 11.8. The maximum atomic E-state index is 11.8. The Bertz CT molecular complexity index is 576. The summed E-state index contributed by atoms with van der Waals surface area (Å²) >= 11 is 3.24. The summed E-state index contributed by atoms with van der Waals surface area (Å²) < 4.78 is 0. The number of rotatable bonds is 2. The van der Waals surface area contributed by atoms with Crippen LogP contribution in [0.3, 0.4) is 0 Å². The highest BCUT2D eigenvalue weighted by Crippen LogP contribution is 2.32. The number of carbonyl (C=O) groups excluding carboxylic acids is 1. The topological polar surface area (TPSA) is 17.1 Å². The van der Waals surface area contributed by atoms with Gasteiger partial charge in [-0.15, -0.1) is 0 Å². The molecule has 2 aromatic carbocycles. The molecule has 0 saturated carbocycles. The summed E-state index contributed by atoms with van der Waals surface area (Å²) in [5, 5.41) is 2.83. The van der Waals surface area contributed by atoms with Gasteiger partial charge in [-0.3, -0.25) is 4.79 Å². The Morgan fingerprint density at radius 2 is 1.88 bits per heavy atom. The third-order valence-electron chi connectivity index (χ3n) is 3.30. The SMILES string of the molecule is O=C(CBr)c1ccc2c3c(cccc13)CC2. The highest BCUT2D eigenvalue weighted by molar-refractivity contribution is 9.09. The summed E-state index contributed by atoms with van der Waals surface area (Å²) in [5.74, 6) is 0.163. The van der Waals surface area contributed by atoms with Crippen LogP contribution >= 0.6 is 15.9 Å². The van der Waals surface area contributed by atoms with E-state index in [0.717, 1.165) is 23.8 Å². The molecular weight excluding hydrogens is 264 g/mol. The van der Waals surface area contributed by atoms with E-state index < -0.39 is 0 Å². The average Bonchev–Trinajstić information content (AvgIpc) is 2.74. The van der Waals surface area contributed by atoms with E-state index in [0.29, 0.717) is 5.33 Å². The minimum absolute atomic E-state index is 0.163. The molecule has 0 fully saturated rings. The van der Waals surface area contributed by atoms with E-state index >= 15 is 0 Å². The van der Waals surface area contributed by atoms with Gasteiger partial charge >= 0.3 is 0 Å². The molecule has 16 heavy (non-hydrogen) atoms. The molecule has 1 nitrogen and oxygen atoms in total. The molecule has 1 aliphatic rings. The van der Waals surface area contributed by atoms with Crippen LogP contribution in [-0.2, 0) is 12.8 Å². The lowest BCUT2D eigenvalue weighted by atomic mass is 9.98. The Hall–Kier alpha value is -1.15. The number of aryl methyl sites for hydroxylation is 2. The van der Waals surface area contributed by atoms with Gasteiger partial charge in [-0.05, 0) is 34.7 Å². The van der Waals surface area contributed by atoms with Crippen molar-refractivity contribution in [2.45, 2.75) is 12.8 Å². The largest absolute Gasteiger partial charge is 0.293 e. The van der Waals surface area contributed by atoms with Crippen LogP contribution in [0.2, 0.25) is 0 Å². The molecule has 0 atom stereocenters. The van der Waals surface area contributed by atoms with Crippen LogP contribution in [0.4, 0.5) is 0 Å². The molecule has 0 aromatic heterocycles. The fourth-order valence-electron chi connectivity index (χ4n) is 2.56. The molecule has 0 saturated heterocycles. The smallest absolute Gasteiger partial charge is 0.173 e. The minimum Gasteiger partial charge on any atom is -0.293 e. The minimum atomic E-state index is 0.163. The number of alkyl halides is 1. The molecule has 0 radical (unpaired) electrons. The molecule has 0 spiro atoms. The van der Waals surface area contributed by atoms with Crippen LogP contribution < -0.4 is 0 Å². The first kappa shape index (κ1) is 10.0. The number of hydrogen-bond donors (Lipinski definition) is 0. The van der Waals surface area contributed by atoms with Gasteiger partial charge in [0.05, 0.1) is 5.33 Å². The number of carbonyl (C=O) groups is 1. The molecule has 2 heteroatoms. The maximum Gasteiger partial charge on any atom is 0.173 e. The molecule has 0 amide bonds. The lowest BCUT2D eigenvalue weighted by Crippen LogP contribution is -2.01. The van der Waals surface area contributed by atoms with Crippen molar-refractivity contribution in [3.8, 4) is 0 Å². The van der Waals surface area contributed by atoms with Crippen molar-refractivity contribution < 1.29 is 4.79 Å². The van der Waals surface area contributed by atoms with E-state index in [1.165, 1.54) is 16.5 Å². The third-order valence-corrected chi connectivity index (χ3v) is 3.81. The van der Waals surface area contributed by atoms with Crippen LogP contribution in [0.25, 0.3) is 10.8 Å². The molecule has 1 aliphatic carbocycles. The summed E-state index contributed by atoms with van der Waals surface area (Å²) in [4.78, 5) is 11.8. The van der Waals surface area contributed by atoms with Crippen LogP contribution in [0, 0.1) is 0 Å². The highest BCUT2D eigenvalue weighted by atomic mass is 79.9. The zero-order valence-corrected chi connectivity index (χ0v) is 10.4. The Labute approximate surface area is 103 Å². The average molecular weight is 275 g/mol. The summed E-state index contributed by atoms with van der Waals surface area (Å²) in [6.07, 6.45) is 2.22. The number of Topliss-reactive ketones (excluding diaryl/α,β-unsaturated/α-hetero) is 1. The lowest BCUT2D eigenvalue weighted by molar-refractivity contribution is 0.102. The molecule has 0 N–H and O–H groups in total. The predicted octanol–water partition coefficient (Wildman–Crippen LogP) is 3.52. The highest BCUT2D eigenvalue weighted by Gasteiger charge is 2.17. The summed E-state index contributed by atoms with van der Waals surface area (Å²) in [5.41, 5.74) is 3.62. The van der Waals surface area contributed by atoms with Crippen LogP contribution in [0.15, 0.2) is 30.3 Å². The van der Waals surface area contributed by atoms with Gasteiger partial charge in [0, 0.05) is 5.56 Å². The van der Waals surface area contributed by atoms with Crippen LogP contribution in [-0.4, -0.2) is 11.1 Å². The summed E-state index contributed by atoms with van der Waals surface area (Å²) in [7, 11) is 0. The Morgan fingerprint density at radius 3 is 2.62 bits per heavy atom. The van der Waals surface area contributed by atoms with E-state index in [1.54, 1.807) is 0 Å². The molecule has 0 heterocycles. The van der Waals surface area contributed by atoms with Crippen LogP contribution in [0.1, 0.15) is 21.5 Å². The fourth-order valence-corrected chi connectivity index (χ4v) is 2.86. The molecule has 0 bridgehead atoms. The molecular formula is C14H11BrO. The second-order valence-corrected chi connectivity index (χ2v) is 4.73. The number of hydrogen-bond acceptors (Lipinski definition) is 1. The van der Waals surface area contributed by atoms with E-state index in [1.807, 2.05) is 6.07 Å².